The van der Waals surface area contributed by atoms with E-state index in [1.165, 1.54) is 6.92 Å². The minimum Gasteiger partial charge on any atom is -0.481 e. The predicted molar refractivity (Wildman–Crippen MR) is 131 cm³/mol. The highest BCUT2D eigenvalue weighted by molar-refractivity contribution is 5.66. The molecule has 1 aliphatic heterocycles. The molecule has 0 spiro atoms. The van der Waals surface area contributed by atoms with E-state index >= 15 is 0 Å². The van der Waals surface area contributed by atoms with E-state index in [0.29, 0.717) is 17.7 Å². The van der Waals surface area contributed by atoms with Gasteiger partial charge in [0.1, 0.15) is 11.9 Å². The first-order valence-corrected chi connectivity index (χ1v) is 12.5. The predicted octanol–water partition coefficient (Wildman–Crippen LogP) is 3.21. The third-order valence-electron chi connectivity index (χ3n) is 8.05. The number of carbonyl (C=O) groups is 1. The topological polar surface area (TPSA) is 75.1 Å². The monoisotopic (exact) mass is 469 g/mol. The summed E-state index contributed by atoms with van der Waals surface area (Å²) in [6.45, 7) is 12.7. The zero-order chi connectivity index (χ0) is 24.5. The number of rotatable bonds is 6. The fraction of sp³-hybridized carbons (Fsp3) is 0.667. The molecule has 2 heterocycles. The van der Waals surface area contributed by atoms with Crippen LogP contribution in [0.25, 0.3) is 0 Å². The average molecular weight is 470 g/mol. The first kappa shape index (κ1) is 25.0. The van der Waals surface area contributed by atoms with Crippen molar-refractivity contribution in [3.63, 3.8) is 0 Å². The molecule has 1 aromatic rings. The lowest BCUT2D eigenvalue weighted by Crippen LogP contribution is -2.57. The fourth-order valence-corrected chi connectivity index (χ4v) is 6.00. The molecule has 1 aromatic heterocycles. The van der Waals surface area contributed by atoms with Crippen LogP contribution >= 0.6 is 0 Å². The molecule has 6 atom stereocenters. The van der Waals surface area contributed by atoms with Crippen molar-refractivity contribution in [2.24, 2.45) is 23.7 Å². The molecule has 7 nitrogen and oxygen atoms in total. The molecule has 0 bridgehead atoms. The number of pyridine rings is 1. The van der Waals surface area contributed by atoms with Crippen molar-refractivity contribution in [1.82, 2.24) is 9.88 Å². The van der Waals surface area contributed by atoms with Crippen molar-refractivity contribution in [3.05, 3.63) is 36.3 Å². The lowest BCUT2D eigenvalue weighted by molar-refractivity contribution is -0.148. The van der Waals surface area contributed by atoms with E-state index in [1.807, 2.05) is 25.1 Å². The summed E-state index contributed by atoms with van der Waals surface area (Å²) in [6.07, 6.45) is 6.93. The van der Waals surface area contributed by atoms with Crippen LogP contribution in [0.1, 0.15) is 40.5 Å². The van der Waals surface area contributed by atoms with Gasteiger partial charge in [-0.05, 0) is 49.2 Å². The van der Waals surface area contributed by atoms with Crippen molar-refractivity contribution >= 4 is 11.8 Å². The van der Waals surface area contributed by atoms with Crippen LogP contribution in [0.15, 0.2) is 29.8 Å². The molecule has 3 aliphatic rings. The third kappa shape index (κ3) is 5.10. The van der Waals surface area contributed by atoms with Crippen molar-refractivity contribution in [3.8, 4) is 5.88 Å². The Kier molecular flexibility index (Phi) is 7.53. The number of carbonyl (C=O) groups excluding carboxylic acids is 1. The van der Waals surface area contributed by atoms with Crippen molar-refractivity contribution in [1.29, 1.82) is 0 Å². The molecule has 0 unspecified atom stereocenters. The minimum absolute atomic E-state index is 0.000306. The van der Waals surface area contributed by atoms with E-state index < -0.39 is 11.7 Å². The van der Waals surface area contributed by atoms with Gasteiger partial charge < -0.3 is 19.5 Å². The number of hydrogen-bond donors (Lipinski definition) is 1. The van der Waals surface area contributed by atoms with Crippen LogP contribution in [-0.4, -0.2) is 72.5 Å². The number of piperazine rings is 1. The van der Waals surface area contributed by atoms with Crippen LogP contribution in [0, 0.1) is 30.1 Å². The van der Waals surface area contributed by atoms with Crippen LogP contribution in [0.3, 0.4) is 0 Å². The SMILES string of the molecule is COc1cccc(N2CCN(C[C@@H](C)[C@@H]3CC[C@@H](C)[C@]4(O)[C][C@@H](OC(C)=O)C(C)=C[C@H]34)CC2)n1. The Balaban J connectivity index is 1.40. The fourth-order valence-electron chi connectivity index (χ4n) is 6.00. The van der Waals surface area contributed by atoms with Crippen LogP contribution in [0.4, 0.5) is 5.82 Å². The lowest BCUT2D eigenvalue weighted by Gasteiger charge is -2.53. The van der Waals surface area contributed by atoms with Crippen LogP contribution in [0.2, 0.25) is 0 Å². The van der Waals surface area contributed by atoms with E-state index in [9.17, 15) is 9.90 Å². The zero-order valence-electron chi connectivity index (χ0n) is 21.2. The first-order valence-electron chi connectivity index (χ1n) is 12.5. The summed E-state index contributed by atoms with van der Waals surface area (Å²) in [4.78, 5) is 21.0. The molecule has 1 saturated carbocycles. The van der Waals surface area contributed by atoms with E-state index in [2.05, 4.69) is 41.1 Å². The highest BCUT2D eigenvalue weighted by atomic mass is 16.5. The standard InChI is InChI=1S/C27H39N3O4/c1-18-15-23-22(10-9-20(3)27(23,32)16-24(18)34-21(4)31)19(2)17-29-11-13-30(14-12-29)25-7-6-8-26(28-25)33-5/h6-8,15,19-20,22-24,32H,9-14,17H2,1-5H3/t19-,20-,22+,23-,24-,27-/m1/s1. The normalized spacial score (nSPS) is 33.0. The largest absolute Gasteiger partial charge is 0.481 e. The van der Waals surface area contributed by atoms with Gasteiger partial charge in [0, 0.05) is 51.6 Å². The molecule has 0 amide bonds. The number of ether oxygens (including phenoxy) is 2. The molecular formula is C27H39N3O4. The van der Waals surface area contributed by atoms with Crippen LogP contribution < -0.4 is 9.64 Å². The van der Waals surface area contributed by atoms with Gasteiger partial charge in [0.25, 0.3) is 0 Å². The Morgan fingerprint density at radius 2 is 2.03 bits per heavy atom. The molecule has 2 radical (unpaired) electrons. The summed E-state index contributed by atoms with van der Waals surface area (Å²) in [6, 6.07) is 5.90. The number of methoxy groups -OCH3 is 1. The highest BCUT2D eigenvalue weighted by Gasteiger charge is 2.53. The van der Waals surface area contributed by atoms with Crippen molar-refractivity contribution < 1.29 is 19.4 Å². The Labute approximate surface area is 204 Å². The average Bonchev–Trinajstić information content (AvgIpc) is 2.81. The van der Waals surface area contributed by atoms with Gasteiger partial charge in [-0.25, -0.2) is 0 Å². The van der Waals surface area contributed by atoms with Crippen molar-refractivity contribution in [2.75, 3.05) is 44.7 Å². The minimum atomic E-state index is -1.06. The molecule has 2 aliphatic carbocycles. The van der Waals surface area contributed by atoms with Gasteiger partial charge in [-0.2, -0.15) is 4.98 Å². The molecule has 1 saturated heterocycles. The quantitative estimate of drug-likeness (QED) is 0.506. The van der Waals surface area contributed by atoms with Crippen molar-refractivity contribution in [2.45, 2.75) is 52.2 Å². The summed E-state index contributed by atoms with van der Waals surface area (Å²) >= 11 is 0. The molecule has 186 valence electrons. The Morgan fingerprint density at radius 3 is 2.71 bits per heavy atom. The van der Waals surface area contributed by atoms with E-state index in [-0.39, 0.29) is 17.8 Å². The second-order valence-corrected chi connectivity index (χ2v) is 10.3. The summed E-state index contributed by atoms with van der Waals surface area (Å²) < 4.78 is 10.7. The first-order chi connectivity index (χ1) is 16.2. The maximum absolute atomic E-state index is 11.7. The molecule has 2 fully saturated rings. The lowest BCUT2D eigenvalue weighted by atomic mass is 9.57. The molecular weight excluding hydrogens is 430 g/mol. The molecule has 1 N–H and O–H groups in total. The maximum atomic E-state index is 11.7. The Hall–Kier alpha value is -2.12. The Morgan fingerprint density at radius 1 is 1.29 bits per heavy atom. The third-order valence-corrected chi connectivity index (χ3v) is 8.05. The smallest absolute Gasteiger partial charge is 0.303 e. The second kappa shape index (κ2) is 10.2. The second-order valence-electron chi connectivity index (χ2n) is 10.3. The van der Waals surface area contributed by atoms with Crippen LogP contribution in [-0.2, 0) is 9.53 Å². The van der Waals surface area contributed by atoms with Gasteiger partial charge in [0.05, 0.1) is 19.1 Å². The number of anilines is 1. The highest BCUT2D eigenvalue weighted by Crippen LogP contribution is 2.50. The van der Waals surface area contributed by atoms with Gasteiger partial charge in [-0.1, -0.05) is 26.0 Å². The number of aliphatic hydroxyl groups is 1. The van der Waals surface area contributed by atoms with E-state index in [1.54, 1.807) is 7.11 Å². The van der Waals surface area contributed by atoms with Gasteiger partial charge in [-0.15, -0.1) is 0 Å². The van der Waals surface area contributed by atoms with Gasteiger partial charge in [0.2, 0.25) is 5.88 Å². The molecule has 4 rings (SSSR count). The number of hydrogen-bond acceptors (Lipinski definition) is 7. The van der Waals surface area contributed by atoms with E-state index in [0.717, 1.165) is 57.0 Å². The number of aromatic nitrogens is 1. The number of esters is 1. The zero-order valence-corrected chi connectivity index (χ0v) is 21.2. The Bertz CT molecular complexity index is 898. The van der Waals surface area contributed by atoms with Crippen LogP contribution in [0.5, 0.6) is 5.88 Å². The summed E-state index contributed by atoms with van der Waals surface area (Å²) in [7, 11) is 1.65. The molecule has 34 heavy (non-hydrogen) atoms. The summed E-state index contributed by atoms with van der Waals surface area (Å²) in [5.74, 6) is 2.15. The number of fused-ring (bicyclic) bond motifs is 1. The summed E-state index contributed by atoms with van der Waals surface area (Å²) in [5.41, 5.74) is -0.0938. The van der Waals surface area contributed by atoms with Gasteiger partial charge in [0.15, 0.2) is 0 Å². The number of nitrogens with zero attached hydrogens (tertiary/aromatic N) is 3. The van der Waals surface area contributed by atoms with E-state index in [4.69, 9.17) is 9.47 Å². The summed E-state index contributed by atoms with van der Waals surface area (Å²) in [5, 5.41) is 11.7. The molecule has 7 heteroatoms. The van der Waals surface area contributed by atoms with Gasteiger partial charge >= 0.3 is 5.97 Å². The maximum Gasteiger partial charge on any atom is 0.303 e. The molecule has 0 aromatic carbocycles. The van der Waals surface area contributed by atoms with Gasteiger partial charge in [-0.3, -0.25) is 9.69 Å².